The molecule has 0 amide bonds. The molecule has 0 saturated carbocycles. The van der Waals surface area contributed by atoms with Crippen LogP contribution in [-0.2, 0) is 0 Å². The van der Waals surface area contributed by atoms with Crippen molar-refractivity contribution in [2.45, 2.75) is 13.0 Å². The van der Waals surface area contributed by atoms with Crippen molar-refractivity contribution in [3.8, 4) is 22.5 Å². The van der Waals surface area contributed by atoms with E-state index in [2.05, 4.69) is 208 Å². The molecule has 1 aliphatic carbocycles. The molecule has 4 nitrogen and oxygen atoms in total. The van der Waals surface area contributed by atoms with Crippen molar-refractivity contribution in [2.75, 3.05) is 9.80 Å². The minimum Gasteiger partial charge on any atom is -0.334 e. The Balaban J connectivity index is 0.900. The minimum absolute atomic E-state index is 0.0979. The molecular formula is C61H44F2N4. The van der Waals surface area contributed by atoms with Crippen LogP contribution in [0.3, 0.4) is 0 Å². The molecule has 1 unspecified atom stereocenters. The van der Waals surface area contributed by atoms with Gasteiger partial charge < -0.3 is 18.9 Å². The molecule has 0 fully saturated rings. The summed E-state index contributed by atoms with van der Waals surface area (Å²) in [6, 6.07) is 71.9. The second-order valence-electron chi connectivity index (χ2n) is 17.3. The van der Waals surface area contributed by atoms with Crippen molar-refractivity contribution in [1.82, 2.24) is 9.13 Å². The Bertz CT molecular complexity index is 3660. The monoisotopic (exact) mass is 870 g/mol. The van der Waals surface area contributed by atoms with Crippen molar-refractivity contribution in [3.63, 3.8) is 0 Å². The number of rotatable bonds is 9. The normalized spacial score (nSPS) is 14.7. The Hall–Kier alpha value is -8.48. The first kappa shape index (κ1) is 40.1. The smallest absolute Gasteiger partial charge is 0.123 e. The molecular weight excluding hydrogens is 827 g/mol. The number of allylic oxidation sites excluding steroid dienone is 2. The Labute approximate surface area is 387 Å². The van der Waals surface area contributed by atoms with E-state index in [4.69, 9.17) is 0 Å². The van der Waals surface area contributed by atoms with Gasteiger partial charge in [-0.05, 0) is 151 Å². The first-order valence-corrected chi connectivity index (χ1v) is 22.8. The summed E-state index contributed by atoms with van der Waals surface area (Å²) in [4.78, 5) is 4.75. The van der Waals surface area contributed by atoms with Gasteiger partial charge in [0, 0.05) is 61.4 Å². The number of hydrogen-bond donors (Lipinski definition) is 0. The molecule has 1 aliphatic rings. The maximum atomic E-state index is 14.0. The van der Waals surface area contributed by atoms with Crippen LogP contribution in [0.25, 0.3) is 66.1 Å². The highest BCUT2D eigenvalue weighted by molar-refractivity contribution is 6.11. The first-order valence-electron chi connectivity index (χ1n) is 22.8. The predicted octanol–water partition coefficient (Wildman–Crippen LogP) is 16.6. The summed E-state index contributed by atoms with van der Waals surface area (Å²) >= 11 is 0. The fourth-order valence-electron chi connectivity index (χ4n) is 10.1. The summed E-state index contributed by atoms with van der Waals surface area (Å²) < 4.78 is 32.5. The predicted molar refractivity (Wildman–Crippen MR) is 275 cm³/mol. The summed E-state index contributed by atoms with van der Waals surface area (Å²) in [6.45, 7) is 2.27. The highest BCUT2D eigenvalue weighted by Crippen LogP contribution is 2.42. The van der Waals surface area contributed by atoms with E-state index in [0.717, 1.165) is 94.6 Å². The second kappa shape index (κ2) is 16.5. The van der Waals surface area contributed by atoms with Gasteiger partial charge in [-0.25, -0.2) is 8.78 Å². The average molecular weight is 871 g/mol. The summed E-state index contributed by atoms with van der Waals surface area (Å²) in [5.74, 6) is -0.230. The number of aromatic nitrogens is 2. The number of nitrogens with zero attached hydrogens (tertiary/aromatic N) is 4. The summed E-state index contributed by atoms with van der Waals surface area (Å²) in [7, 11) is 0. The van der Waals surface area contributed by atoms with Gasteiger partial charge in [0.2, 0.25) is 0 Å². The molecule has 67 heavy (non-hydrogen) atoms. The second-order valence-corrected chi connectivity index (χ2v) is 17.3. The van der Waals surface area contributed by atoms with Gasteiger partial charge in [0.15, 0.2) is 0 Å². The molecule has 2 atom stereocenters. The third-order valence-corrected chi connectivity index (χ3v) is 13.3. The van der Waals surface area contributed by atoms with Crippen LogP contribution in [-0.4, -0.2) is 15.2 Å². The first-order chi connectivity index (χ1) is 33.0. The Morgan fingerprint density at radius 1 is 0.373 bits per heavy atom. The van der Waals surface area contributed by atoms with Crippen LogP contribution >= 0.6 is 0 Å². The van der Waals surface area contributed by atoms with Gasteiger partial charge in [-0.15, -0.1) is 0 Å². The van der Waals surface area contributed by atoms with Crippen LogP contribution in [0.2, 0.25) is 0 Å². The van der Waals surface area contributed by atoms with E-state index in [1.54, 1.807) is 0 Å². The van der Waals surface area contributed by atoms with Crippen LogP contribution < -0.4 is 9.80 Å². The number of fused-ring (bicyclic) bond motifs is 6. The third kappa shape index (κ3) is 7.06. The van der Waals surface area contributed by atoms with Gasteiger partial charge in [0.25, 0.3) is 0 Å². The van der Waals surface area contributed by atoms with Gasteiger partial charge >= 0.3 is 0 Å². The number of halogens is 2. The molecule has 2 aromatic heterocycles. The molecule has 2 heterocycles. The molecule has 322 valence electrons. The van der Waals surface area contributed by atoms with Gasteiger partial charge in [-0.3, -0.25) is 0 Å². The van der Waals surface area contributed by atoms with Gasteiger partial charge in [0.1, 0.15) is 11.6 Å². The van der Waals surface area contributed by atoms with E-state index >= 15 is 0 Å². The van der Waals surface area contributed by atoms with Crippen molar-refractivity contribution in [1.29, 1.82) is 0 Å². The van der Waals surface area contributed by atoms with Crippen LogP contribution in [0.1, 0.15) is 6.92 Å². The number of para-hydroxylation sites is 3. The fraction of sp³-hybridized carbons (Fsp3) is 0.0492. The standard InChI is InChI=1S/C61H44F2N4/c1-41-11-5-8-16-57(41)65(52-36-38-61-56(40-52)54-15-7-10-18-59(54)67(61)50-33-25-45(63)26-34-50)48-29-21-43(22-30-48)42-19-27-47(28-20-42)64(46-12-3-2-4-13-46)51-35-37-60-55(39-51)53-14-6-9-17-58(53)66(60)49-31-23-44(62)24-32-49/h2-41,57H,1H3/t41?,57-/m0/s1. The largest absolute Gasteiger partial charge is 0.334 e. The van der Waals surface area contributed by atoms with Gasteiger partial charge in [0.05, 0.1) is 28.1 Å². The zero-order chi connectivity index (χ0) is 45.0. The van der Waals surface area contributed by atoms with Crippen LogP contribution in [0.15, 0.2) is 237 Å². The molecule has 9 aromatic carbocycles. The number of benzene rings is 9. The van der Waals surface area contributed by atoms with Crippen molar-refractivity contribution in [2.24, 2.45) is 5.92 Å². The van der Waals surface area contributed by atoms with E-state index < -0.39 is 0 Å². The maximum absolute atomic E-state index is 14.0. The minimum atomic E-state index is -0.254. The van der Waals surface area contributed by atoms with Crippen LogP contribution in [0, 0.1) is 17.6 Å². The maximum Gasteiger partial charge on any atom is 0.123 e. The van der Waals surface area contributed by atoms with Crippen LogP contribution in [0.5, 0.6) is 0 Å². The molecule has 0 aliphatic heterocycles. The summed E-state index contributed by atoms with van der Waals surface area (Å²) in [5, 5.41) is 4.54. The fourth-order valence-corrected chi connectivity index (χ4v) is 10.1. The lowest BCUT2D eigenvalue weighted by atomic mass is 9.94. The van der Waals surface area contributed by atoms with E-state index in [-0.39, 0.29) is 23.6 Å². The van der Waals surface area contributed by atoms with Gasteiger partial charge in [-0.1, -0.05) is 110 Å². The molecule has 0 saturated heterocycles. The lowest BCUT2D eigenvalue weighted by molar-refractivity contribution is 0.609. The third-order valence-electron chi connectivity index (χ3n) is 13.3. The highest BCUT2D eigenvalue weighted by Gasteiger charge is 2.26. The molecule has 6 heteroatoms. The average Bonchev–Trinajstić information content (AvgIpc) is 3.88. The van der Waals surface area contributed by atoms with Gasteiger partial charge in [-0.2, -0.15) is 0 Å². The number of hydrogen-bond acceptors (Lipinski definition) is 2. The molecule has 0 N–H and O–H groups in total. The zero-order valence-corrected chi connectivity index (χ0v) is 36.7. The van der Waals surface area contributed by atoms with Crippen molar-refractivity contribution >= 4 is 72.0 Å². The molecule has 11 aromatic rings. The van der Waals surface area contributed by atoms with Crippen molar-refractivity contribution in [3.05, 3.63) is 248 Å². The lowest BCUT2D eigenvalue weighted by Crippen LogP contribution is -2.35. The van der Waals surface area contributed by atoms with Crippen molar-refractivity contribution < 1.29 is 8.78 Å². The van der Waals surface area contributed by atoms with E-state index in [1.165, 1.54) is 24.3 Å². The Morgan fingerprint density at radius 3 is 1.36 bits per heavy atom. The van der Waals surface area contributed by atoms with E-state index in [9.17, 15) is 8.78 Å². The summed E-state index contributed by atoms with van der Waals surface area (Å²) in [6.07, 6.45) is 8.85. The number of anilines is 5. The zero-order valence-electron chi connectivity index (χ0n) is 36.7. The molecule has 12 rings (SSSR count). The molecule has 0 spiro atoms. The summed E-state index contributed by atoms with van der Waals surface area (Å²) in [5.41, 5.74) is 13.7. The SMILES string of the molecule is CC1C=CC=C[C@@H]1N(c1ccc(-c2ccc(N(c3ccccc3)c3ccc4c(c3)c3ccccc3n4-c3ccc(F)cc3)cc2)cc1)c1ccc2c(c1)c1ccccc1n2-c1ccc(F)cc1. The molecule has 0 radical (unpaired) electrons. The highest BCUT2D eigenvalue weighted by atomic mass is 19.1. The Kier molecular flexibility index (Phi) is 9.87. The molecule has 0 bridgehead atoms. The van der Waals surface area contributed by atoms with E-state index in [1.807, 2.05) is 30.3 Å². The quantitative estimate of drug-likeness (QED) is 0.144. The Morgan fingerprint density at radius 2 is 0.806 bits per heavy atom. The lowest BCUT2D eigenvalue weighted by Gasteiger charge is -2.36. The topological polar surface area (TPSA) is 16.3 Å². The van der Waals surface area contributed by atoms with Crippen LogP contribution in [0.4, 0.5) is 37.2 Å². The van der Waals surface area contributed by atoms with E-state index in [0.29, 0.717) is 0 Å².